The van der Waals surface area contributed by atoms with Crippen LogP contribution < -0.4 is 20.3 Å². The first-order valence-electron chi connectivity index (χ1n) is 11.2. The molecule has 1 atom stereocenters. The van der Waals surface area contributed by atoms with E-state index < -0.39 is 0 Å². The zero-order valence-corrected chi connectivity index (χ0v) is 19.0. The monoisotopic (exact) mass is 459 g/mol. The fourth-order valence-electron chi connectivity index (χ4n) is 4.08. The molecule has 2 aromatic carbocycles. The number of hydrogen-bond donors (Lipinski definition) is 1. The topological polar surface area (TPSA) is 100 Å². The van der Waals surface area contributed by atoms with Gasteiger partial charge in [-0.05, 0) is 35.7 Å². The predicted octanol–water partition coefficient (Wildman–Crippen LogP) is 2.87. The second kappa shape index (κ2) is 9.01. The number of amides is 1. The summed E-state index contributed by atoms with van der Waals surface area (Å²) < 4.78 is 14.2. The Morgan fingerprint density at radius 1 is 1.09 bits per heavy atom. The van der Waals surface area contributed by atoms with Gasteiger partial charge in [-0.25, -0.2) is 9.67 Å². The summed E-state index contributed by atoms with van der Waals surface area (Å²) in [6.07, 6.45) is 2.87. The molecule has 0 radical (unpaired) electrons. The number of nitrogens with zero attached hydrogens (tertiary/aromatic N) is 4. The Labute approximate surface area is 195 Å². The number of hydrogen-bond acceptors (Lipinski definition) is 6. The van der Waals surface area contributed by atoms with Crippen molar-refractivity contribution in [2.75, 3.05) is 13.2 Å². The molecule has 1 N–H and O–H groups in total. The van der Waals surface area contributed by atoms with Gasteiger partial charge >= 0.3 is 0 Å². The molecule has 0 aliphatic carbocycles. The Bertz CT molecular complexity index is 1390. The lowest BCUT2D eigenvalue weighted by Crippen LogP contribution is -2.36. The molecule has 3 heterocycles. The first-order chi connectivity index (χ1) is 16.5. The number of fused-ring (bicyclic) bond motifs is 2. The zero-order chi connectivity index (χ0) is 23.7. The minimum atomic E-state index is -0.317. The molecule has 0 saturated heterocycles. The highest BCUT2D eigenvalue weighted by Gasteiger charge is 2.22. The van der Waals surface area contributed by atoms with E-state index in [1.165, 1.54) is 17.1 Å². The zero-order valence-electron chi connectivity index (χ0n) is 19.0. The SMILES string of the molecule is CC(C)C(NC(=O)Cn1cnc2c(cnn2-c2ccccc2)c1=O)c1ccc2c(c1)OCCO2. The maximum Gasteiger partial charge on any atom is 0.264 e. The Kier molecular flexibility index (Phi) is 5.75. The van der Waals surface area contributed by atoms with Crippen molar-refractivity contribution in [2.45, 2.75) is 26.4 Å². The maximum absolute atomic E-state index is 13.0. The summed E-state index contributed by atoms with van der Waals surface area (Å²) in [5, 5.41) is 7.72. The molecular weight excluding hydrogens is 434 g/mol. The van der Waals surface area contributed by atoms with E-state index in [0.717, 1.165) is 11.3 Å². The number of rotatable bonds is 6. The fraction of sp³-hybridized carbons (Fsp3) is 0.280. The average molecular weight is 460 g/mol. The minimum Gasteiger partial charge on any atom is -0.486 e. The van der Waals surface area contributed by atoms with Gasteiger partial charge in [-0.15, -0.1) is 0 Å². The quantitative estimate of drug-likeness (QED) is 0.476. The second-order valence-corrected chi connectivity index (χ2v) is 8.50. The maximum atomic E-state index is 13.0. The molecule has 2 aromatic heterocycles. The summed E-state index contributed by atoms with van der Waals surface area (Å²) in [4.78, 5) is 30.4. The molecule has 1 aliphatic rings. The molecule has 1 amide bonds. The summed E-state index contributed by atoms with van der Waals surface area (Å²) in [5.41, 5.74) is 1.85. The smallest absolute Gasteiger partial charge is 0.264 e. The highest BCUT2D eigenvalue weighted by molar-refractivity contribution is 5.78. The highest BCUT2D eigenvalue weighted by Crippen LogP contribution is 2.34. The Balaban J connectivity index is 1.36. The van der Waals surface area contributed by atoms with Crippen molar-refractivity contribution >= 4 is 16.9 Å². The number of nitrogens with one attached hydrogen (secondary N) is 1. The molecule has 1 unspecified atom stereocenters. The number of ether oxygens (including phenoxy) is 2. The molecule has 9 heteroatoms. The van der Waals surface area contributed by atoms with E-state index in [1.807, 2.05) is 62.4 Å². The summed E-state index contributed by atoms with van der Waals surface area (Å²) in [5.74, 6) is 1.20. The van der Waals surface area contributed by atoms with Crippen LogP contribution in [-0.2, 0) is 11.3 Å². The van der Waals surface area contributed by atoms with E-state index in [-0.39, 0.29) is 30.0 Å². The predicted molar refractivity (Wildman–Crippen MR) is 126 cm³/mol. The molecule has 1 aliphatic heterocycles. The highest BCUT2D eigenvalue weighted by atomic mass is 16.6. The lowest BCUT2D eigenvalue weighted by Gasteiger charge is -2.25. The van der Waals surface area contributed by atoms with Gasteiger partial charge in [-0.2, -0.15) is 5.10 Å². The van der Waals surface area contributed by atoms with Gasteiger partial charge in [0.15, 0.2) is 17.1 Å². The molecular formula is C25H25N5O4. The van der Waals surface area contributed by atoms with Gasteiger partial charge < -0.3 is 14.8 Å². The number of carbonyl (C=O) groups is 1. The first-order valence-corrected chi connectivity index (χ1v) is 11.2. The van der Waals surface area contributed by atoms with Crippen LogP contribution in [0.3, 0.4) is 0 Å². The van der Waals surface area contributed by atoms with Crippen molar-refractivity contribution in [3.8, 4) is 17.2 Å². The molecule has 9 nitrogen and oxygen atoms in total. The van der Waals surface area contributed by atoms with E-state index in [0.29, 0.717) is 35.7 Å². The van der Waals surface area contributed by atoms with Crippen molar-refractivity contribution in [1.82, 2.24) is 24.6 Å². The Morgan fingerprint density at radius 2 is 1.85 bits per heavy atom. The van der Waals surface area contributed by atoms with E-state index in [1.54, 1.807) is 4.68 Å². The van der Waals surface area contributed by atoms with Crippen LogP contribution in [0.1, 0.15) is 25.5 Å². The molecule has 5 rings (SSSR count). The molecule has 0 bridgehead atoms. The molecule has 0 saturated carbocycles. The van der Waals surface area contributed by atoms with Gasteiger partial charge in [0, 0.05) is 0 Å². The Morgan fingerprint density at radius 3 is 2.62 bits per heavy atom. The van der Waals surface area contributed by atoms with Gasteiger partial charge in [0.25, 0.3) is 5.56 Å². The van der Waals surface area contributed by atoms with Crippen LogP contribution in [0.25, 0.3) is 16.7 Å². The first kappa shape index (κ1) is 21.7. The lowest BCUT2D eigenvalue weighted by atomic mass is 9.95. The standard InChI is InChI=1S/C25H25N5O4/c1-16(2)23(17-8-9-20-21(12-17)34-11-10-33-20)28-22(31)14-29-15-26-24-19(25(29)32)13-27-30(24)18-6-4-3-5-7-18/h3-9,12-13,15-16,23H,10-11,14H2,1-2H3,(H,28,31). The fourth-order valence-corrected chi connectivity index (χ4v) is 4.08. The molecule has 0 spiro atoms. The normalized spacial score (nSPS) is 13.7. The van der Waals surface area contributed by atoms with Crippen molar-refractivity contribution in [1.29, 1.82) is 0 Å². The largest absolute Gasteiger partial charge is 0.486 e. The number of benzene rings is 2. The van der Waals surface area contributed by atoms with Crippen molar-refractivity contribution in [2.24, 2.45) is 5.92 Å². The van der Waals surface area contributed by atoms with Crippen molar-refractivity contribution < 1.29 is 14.3 Å². The van der Waals surface area contributed by atoms with Crippen molar-refractivity contribution in [3.05, 3.63) is 77.0 Å². The number of carbonyl (C=O) groups excluding carboxylic acids is 1. The van der Waals surface area contributed by atoms with Crippen LogP contribution in [0.15, 0.2) is 65.8 Å². The number of aromatic nitrogens is 4. The van der Waals surface area contributed by atoms with E-state index in [9.17, 15) is 9.59 Å². The van der Waals surface area contributed by atoms with E-state index in [2.05, 4.69) is 15.4 Å². The summed E-state index contributed by atoms with van der Waals surface area (Å²) in [7, 11) is 0. The minimum absolute atomic E-state index is 0.118. The third-order valence-electron chi connectivity index (χ3n) is 5.78. The van der Waals surface area contributed by atoms with Crippen LogP contribution in [0.4, 0.5) is 0 Å². The van der Waals surface area contributed by atoms with E-state index >= 15 is 0 Å². The summed E-state index contributed by atoms with van der Waals surface area (Å²) in [6.45, 7) is 4.92. The van der Waals surface area contributed by atoms with Gasteiger partial charge in [0.05, 0.1) is 17.9 Å². The molecule has 4 aromatic rings. The Hall–Kier alpha value is -4.14. The van der Waals surface area contributed by atoms with Crippen LogP contribution in [0, 0.1) is 5.92 Å². The van der Waals surface area contributed by atoms with Gasteiger partial charge in [-0.3, -0.25) is 14.2 Å². The third-order valence-corrected chi connectivity index (χ3v) is 5.78. The van der Waals surface area contributed by atoms with E-state index in [4.69, 9.17) is 9.47 Å². The molecule has 174 valence electrons. The van der Waals surface area contributed by atoms with Gasteiger partial charge in [0.1, 0.15) is 31.5 Å². The average Bonchev–Trinajstić information content (AvgIpc) is 3.29. The molecule has 0 fully saturated rings. The summed E-state index contributed by atoms with van der Waals surface area (Å²) >= 11 is 0. The summed E-state index contributed by atoms with van der Waals surface area (Å²) in [6, 6.07) is 14.9. The van der Waals surface area contributed by atoms with Gasteiger partial charge in [-0.1, -0.05) is 38.1 Å². The van der Waals surface area contributed by atoms with Gasteiger partial charge in [0.2, 0.25) is 5.91 Å². The number of para-hydroxylation sites is 1. The van der Waals surface area contributed by atoms with Crippen LogP contribution in [0.2, 0.25) is 0 Å². The van der Waals surface area contributed by atoms with Crippen LogP contribution in [0.5, 0.6) is 11.5 Å². The lowest BCUT2D eigenvalue weighted by molar-refractivity contribution is -0.122. The second-order valence-electron chi connectivity index (χ2n) is 8.50. The van der Waals surface area contributed by atoms with Crippen LogP contribution in [-0.4, -0.2) is 38.5 Å². The third kappa shape index (κ3) is 4.12. The van der Waals surface area contributed by atoms with Crippen LogP contribution >= 0.6 is 0 Å². The molecule has 34 heavy (non-hydrogen) atoms. The van der Waals surface area contributed by atoms with Crippen molar-refractivity contribution in [3.63, 3.8) is 0 Å².